The second kappa shape index (κ2) is 40.0. The van der Waals surface area contributed by atoms with Crippen molar-refractivity contribution in [3.63, 3.8) is 0 Å². The van der Waals surface area contributed by atoms with Crippen LogP contribution < -0.4 is 70.4 Å². The van der Waals surface area contributed by atoms with Crippen molar-refractivity contribution in [2.75, 3.05) is 32.8 Å². The van der Waals surface area contributed by atoms with E-state index in [4.69, 9.17) is 26.7 Å². The van der Waals surface area contributed by atoms with Crippen molar-refractivity contribution in [1.29, 1.82) is 0 Å². The number of carboxylic acids is 1. The van der Waals surface area contributed by atoms with Gasteiger partial charge in [0.15, 0.2) is 5.96 Å². The Labute approximate surface area is 580 Å². The number of nitrogens with two attached hydrogens (primary N) is 3. The van der Waals surface area contributed by atoms with Crippen molar-refractivity contribution < 1.29 is 82.6 Å². The average Bonchev–Trinajstić information content (AvgIpc) is 1.61. The van der Waals surface area contributed by atoms with Gasteiger partial charge in [-0.2, -0.15) is 0 Å². The molecule has 0 heterocycles. The number of aliphatic hydroxyl groups is 3. The Morgan fingerprint density at radius 3 is 1.64 bits per heavy atom. The highest BCUT2D eigenvalue weighted by molar-refractivity contribution is 5.98. The molecule has 5 rings (SSSR count). The van der Waals surface area contributed by atoms with Gasteiger partial charge in [0, 0.05) is 19.0 Å². The van der Waals surface area contributed by atoms with Crippen LogP contribution in [0.25, 0.3) is 11.1 Å². The number of nitrogens with zero attached hydrogens (tertiary/aromatic N) is 1. The summed E-state index contributed by atoms with van der Waals surface area (Å²) in [6.45, 7) is 8.67. The van der Waals surface area contributed by atoms with Crippen LogP contribution >= 0.6 is 0 Å². The number of benzene rings is 4. The Kier molecular flexibility index (Phi) is 32.2. The zero-order valence-electron chi connectivity index (χ0n) is 57.1. The number of aliphatic imine (C=N–C) groups is 1. The maximum absolute atomic E-state index is 14.7. The van der Waals surface area contributed by atoms with E-state index in [-0.39, 0.29) is 76.2 Å². The van der Waals surface area contributed by atoms with E-state index < -0.39 is 157 Å². The molecule has 31 nitrogen and oxygen atoms in total. The molecule has 12 atom stereocenters. The average molecular weight is 1390 g/mol. The molecule has 10 amide bonds. The lowest BCUT2D eigenvalue weighted by Gasteiger charge is -2.32. The molecule has 544 valence electrons. The molecule has 0 fully saturated rings. The van der Waals surface area contributed by atoms with Crippen LogP contribution in [0.4, 0.5) is 9.59 Å². The van der Waals surface area contributed by atoms with Crippen LogP contribution in [0.1, 0.15) is 115 Å². The lowest BCUT2D eigenvalue weighted by molar-refractivity contribution is -0.143. The van der Waals surface area contributed by atoms with Crippen molar-refractivity contribution in [3.05, 3.63) is 131 Å². The monoisotopic (exact) mass is 1390 g/mol. The first-order chi connectivity index (χ1) is 47.5. The molecule has 0 aromatic heterocycles. The lowest BCUT2D eigenvalue weighted by Crippen LogP contribution is -2.63. The molecule has 0 radical (unpaired) electrons. The van der Waals surface area contributed by atoms with Crippen LogP contribution in [0.5, 0.6) is 0 Å². The quantitative estimate of drug-likeness (QED) is 0.0159. The third-order valence-corrected chi connectivity index (χ3v) is 16.6. The molecule has 0 aliphatic heterocycles. The summed E-state index contributed by atoms with van der Waals surface area (Å²) in [4.78, 5) is 155. The SMILES string of the molecule is CC[C@H](C)[C@H](NC(=O)[C@@H](CCCN=C(N)N)NC(=O)[C@H](CC(C)C)NC(=O)[C@@H](NC(=O)[C@@H](NC(=O)OCC1c2ccccc2-c2ccccc21)[C@H](N)c1ccccc1)C(O)C(C)C)C(=O)N[C@H](C(=O)NCC(=O)N[C@@H](CCNC(=O)OCc1ccccc1)C(=O)N[C@@H](CO)C(=O)O)[C@H](C)O. The van der Waals surface area contributed by atoms with Gasteiger partial charge in [-0.05, 0) is 83.7 Å². The number of aliphatic hydroxyl groups excluding tert-OH is 3. The molecular formula is C69H96N14O17. The summed E-state index contributed by atoms with van der Waals surface area (Å²) < 4.78 is 11.0. The second-order valence-corrected chi connectivity index (χ2v) is 25.1. The molecule has 4 aromatic carbocycles. The molecule has 20 N–H and O–H groups in total. The summed E-state index contributed by atoms with van der Waals surface area (Å²) in [6.07, 6.45) is -5.42. The fourth-order valence-corrected chi connectivity index (χ4v) is 10.8. The normalized spacial score (nSPS) is 15.2. The molecule has 0 spiro atoms. The zero-order chi connectivity index (χ0) is 73.8. The van der Waals surface area contributed by atoms with Gasteiger partial charge in [-0.3, -0.25) is 43.3 Å². The predicted molar refractivity (Wildman–Crippen MR) is 367 cm³/mol. The van der Waals surface area contributed by atoms with Crippen LogP contribution in [0.2, 0.25) is 0 Å². The minimum atomic E-state index is -1.79. The summed E-state index contributed by atoms with van der Waals surface area (Å²) in [5.41, 5.74) is 22.9. The van der Waals surface area contributed by atoms with Crippen LogP contribution in [0.3, 0.4) is 0 Å². The van der Waals surface area contributed by atoms with Crippen molar-refractivity contribution in [2.24, 2.45) is 39.9 Å². The van der Waals surface area contributed by atoms with E-state index >= 15 is 0 Å². The standard InChI is InChI=1S/C69H96N14O17/c1-8-39(6)54(63(92)81-55(40(7)85)62(91)75-33-52(86)76-49(59(88)79-51(34-84)66(95)96)29-31-74-68(97)99-35-41-20-11-9-12-21-41)80-60(89)48(28-19-30-73-67(71)72)77-61(90)50(32-37(2)3)78-65(94)57(58(87)38(4)5)82-64(93)56(53(70)42-22-13-10-14-23-42)83-69(98)100-36-47-45-26-17-15-24-43(45)44-25-16-18-27-46(44)47/h9-18,20-27,37-40,47-51,53-58,84-85,87H,8,19,28-36,70H2,1-7H3,(H,74,97)(H,75,91)(H,76,86)(H,77,90)(H,78,94)(H,79,88)(H,80,89)(H,81,92)(H,82,93)(H,83,98)(H,95,96)(H4,71,72,73)/t39-,40-,48+,49-,50-,51-,53+,54-,55-,56-,57-,58?/m0/s1. The molecule has 1 unspecified atom stereocenters. The van der Waals surface area contributed by atoms with E-state index in [1.54, 1.807) is 102 Å². The first-order valence-corrected chi connectivity index (χ1v) is 33.1. The third-order valence-electron chi connectivity index (χ3n) is 16.6. The number of carbonyl (C=O) groups is 11. The smallest absolute Gasteiger partial charge is 0.407 e. The van der Waals surface area contributed by atoms with Crippen molar-refractivity contribution in [1.82, 2.24) is 53.2 Å². The van der Waals surface area contributed by atoms with Gasteiger partial charge >= 0.3 is 18.2 Å². The molecular weight excluding hydrogens is 1300 g/mol. The lowest BCUT2D eigenvalue weighted by atomic mass is 9.95. The molecule has 0 bridgehead atoms. The predicted octanol–water partition coefficient (Wildman–Crippen LogP) is 0.0404. The first kappa shape index (κ1) is 80.4. The highest BCUT2D eigenvalue weighted by Gasteiger charge is 2.40. The molecule has 4 aromatic rings. The number of ether oxygens (including phenoxy) is 2. The Hall–Kier alpha value is -10.2. The Bertz CT molecular complexity index is 3400. The molecule has 0 saturated heterocycles. The van der Waals surface area contributed by atoms with Gasteiger partial charge in [-0.1, -0.05) is 157 Å². The van der Waals surface area contributed by atoms with Gasteiger partial charge in [0.2, 0.25) is 47.3 Å². The molecule has 1 aliphatic rings. The summed E-state index contributed by atoms with van der Waals surface area (Å²) >= 11 is 0. The third kappa shape index (κ3) is 24.6. The molecule has 0 saturated carbocycles. The van der Waals surface area contributed by atoms with Gasteiger partial charge < -0.3 is 100 Å². The molecule has 100 heavy (non-hydrogen) atoms. The van der Waals surface area contributed by atoms with Crippen molar-refractivity contribution in [3.8, 4) is 11.1 Å². The Balaban J connectivity index is 1.30. The number of rotatable bonds is 39. The van der Waals surface area contributed by atoms with Gasteiger partial charge in [0.1, 0.15) is 61.5 Å². The Morgan fingerprint density at radius 2 is 1.07 bits per heavy atom. The largest absolute Gasteiger partial charge is 0.480 e. The number of carbonyl (C=O) groups excluding carboxylic acids is 10. The van der Waals surface area contributed by atoms with Crippen LogP contribution in [0.15, 0.2) is 114 Å². The van der Waals surface area contributed by atoms with Crippen molar-refractivity contribution in [2.45, 2.75) is 160 Å². The highest BCUT2D eigenvalue weighted by Crippen LogP contribution is 2.44. The van der Waals surface area contributed by atoms with E-state index in [0.29, 0.717) is 11.1 Å². The number of hydrogen-bond acceptors (Lipinski definition) is 18. The minimum absolute atomic E-state index is 0.0296. The topological polar surface area (TPSA) is 498 Å². The summed E-state index contributed by atoms with van der Waals surface area (Å²) in [6, 6.07) is 18.3. The van der Waals surface area contributed by atoms with Gasteiger partial charge in [0.25, 0.3) is 0 Å². The number of carboxylic acid groups (broad SMARTS) is 1. The van der Waals surface area contributed by atoms with E-state index in [2.05, 4.69) is 58.2 Å². The van der Waals surface area contributed by atoms with Gasteiger partial charge in [-0.25, -0.2) is 14.4 Å². The van der Waals surface area contributed by atoms with Crippen LogP contribution in [-0.2, 0) is 59.2 Å². The maximum atomic E-state index is 14.7. The number of alkyl carbamates (subject to hydrolysis) is 2. The van der Waals surface area contributed by atoms with Crippen molar-refractivity contribution >= 4 is 71.4 Å². The van der Waals surface area contributed by atoms with Crippen LogP contribution in [0, 0.1) is 17.8 Å². The summed E-state index contributed by atoms with van der Waals surface area (Å²) in [5, 5.41) is 66.1. The number of aliphatic carboxylic acids is 1. The number of amides is 10. The summed E-state index contributed by atoms with van der Waals surface area (Å²) in [5.74, 6) is -12.0. The van der Waals surface area contributed by atoms with Gasteiger partial charge in [-0.15, -0.1) is 0 Å². The van der Waals surface area contributed by atoms with E-state index in [1.165, 1.54) is 0 Å². The molecule has 1 aliphatic carbocycles. The van der Waals surface area contributed by atoms with Crippen LogP contribution in [-0.4, -0.2) is 185 Å². The number of guanidine groups is 1. The number of fused-ring (bicyclic) bond motifs is 3. The number of hydrogen-bond donors (Lipinski definition) is 17. The van der Waals surface area contributed by atoms with Gasteiger partial charge in [0.05, 0.1) is 31.4 Å². The number of nitrogens with one attached hydrogen (secondary N) is 10. The second-order valence-electron chi connectivity index (χ2n) is 25.1. The fraction of sp³-hybridized carbons (Fsp3) is 0.478. The zero-order valence-corrected chi connectivity index (χ0v) is 57.1. The molecule has 31 heteroatoms. The van der Waals surface area contributed by atoms with E-state index in [0.717, 1.165) is 29.2 Å². The Morgan fingerprint density at radius 1 is 0.550 bits per heavy atom. The summed E-state index contributed by atoms with van der Waals surface area (Å²) in [7, 11) is 0. The first-order valence-electron chi connectivity index (χ1n) is 33.1. The maximum Gasteiger partial charge on any atom is 0.407 e. The minimum Gasteiger partial charge on any atom is -0.480 e. The van der Waals surface area contributed by atoms with E-state index in [1.807, 2.05) is 48.5 Å². The van der Waals surface area contributed by atoms with E-state index in [9.17, 15) is 73.2 Å². The highest BCUT2D eigenvalue weighted by atomic mass is 16.6. The fourth-order valence-electron chi connectivity index (χ4n) is 10.8.